The van der Waals surface area contributed by atoms with Gasteiger partial charge in [-0.15, -0.1) is 0 Å². The molecule has 0 spiro atoms. The maximum Gasteiger partial charge on any atom is 0.252 e. The number of rotatable bonds is 4. The van der Waals surface area contributed by atoms with Crippen LogP contribution in [0.1, 0.15) is 169 Å². The molecule has 2 fully saturated rings. The van der Waals surface area contributed by atoms with Crippen molar-refractivity contribution in [2.75, 3.05) is 19.6 Å². The van der Waals surface area contributed by atoms with Crippen molar-refractivity contribution in [3.05, 3.63) is 198 Å². The molecule has 2 saturated carbocycles. The van der Waals surface area contributed by atoms with E-state index in [0.717, 1.165) is 80.9 Å². The second kappa shape index (κ2) is 18.3. The van der Waals surface area contributed by atoms with E-state index in [4.69, 9.17) is 8.83 Å². The van der Waals surface area contributed by atoms with Gasteiger partial charge >= 0.3 is 0 Å². The molecule has 6 nitrogen and oxygen atoms in total. The van der Waals surface area contributed by atoms with Crippen LogP contribution >= 0.6 is 0 Å². The number of hydrogen-bond donors (Lipinski definition) is 0. The molecule has 11 aromatic rings. The molecule has 7 heteroatoms. The van der Waals surface area contributed by atoms with Crippen LogP contribution in [0.4, 0.5) is 56.9 Å². The molecule has 0 saturated heterocycles. The lowest BCUT2D eigenvalue weighted by Crippen LogP contribution is -2.61. The van der Waals surface area contributed by atoms with Crippen LogP contribution in [-0.2, 0) is 27.1 Å². The molecule has 4 unspecified atom stereocenters. The number of fused-ring (bicyclic) bond motifs is 16. The van der Waals surface area contributed by atoms with Gasteiger partial charge in [0.25, 0.3) is 6.71 Å². The van der Waals surface area contributed by atoms with Crippen molar-refractivity contribution < 1.29 is 8.83 Å². The lowest BCUT2D eigenvalue weighted by molar-refractivity contribution is 0.195. The molecule has 89 heavy (non-hydrogen) atoms. The second-order valence-corrected chi connectivity index (χ2v) is 31.5. The highest BCUT2D eigenvalue weighted by Crippen LogP contribution is 2.65. The number of hydrogen-bond acceptors (Lipinski definition) is 6. The third kappa shape index (κ3) is 7.39. The Morgan fingerprint density at radius 1 is 0.371 bits per heavy atom. The van der Waals surface area contributed by atoms with Gasteiger partial charge in [0, 0.05) is 72.5 Å². The van der Waals surface area contributed by atoms with Crippen LogP contribution in [0.3, 0.4) is 0 Å². The summed E-state index contributed by atoms with van der Waals surface area (Å²) in [6.45, 7) is 31.5. The number of furan rings is 2. The first-order valence-electron chi connectivity index (χ1n) is 33.3. The standard InChI is InChI=1S/C82H83BN4O2/c1-76(2,3)50-33-38-62-58(44-50)79(10)40-18-20-42-81(79,12)86(62)53-35-37-61-67(47-53)85(65-28-22-26-56-55-24-14-16-29-70(55)89-75(56)65)69-49-54(87-63-39-34-51(77(4,5)6)45-59(63)80(11)41-19-21-43-82(80,87)13)48-68-74(69)83(61)60-36-32-52(78(7,8)9)46-66(60)84(68)64-27-23-31-72-73(64)57-25-15-17-30-71(57)88-72/h14-17,22-39,44-49H,18-21,40-43H2,1-13H3. The van der Waals surface area contributed by atoms with Gasteiger partial charge < -0.3 is 28.4 Å². The van der Waals surface area contributed by atoms with E-state index >= 15 is 0 Å². The minimum absolute atomic E-state index is 0.00305. The zero-order chi connectivity index (χ0) is 61.3. The highest BCUT2D eigenvalue weighted by molar-refractivity contribution is 7.00. The smallest absolute Gasteiger partial charge is 0.252 e. The number of anilines is 10. The summed E-state index contributed by atoms with van der Waals surface area (Å²) < 4.78 is 14.1. The van der Waals surface area contributed by atoms with Crippen molar-refractivity contribution in [1.82, 2.24) is 0 Å². The summed E-state index contributed by atoms with van der Waals surface area (Å²) in [6, 6.07) is 66.1. The second-order valence-electron chi connectivity index (χ2n) is 31.5. The van der Waals surface area contributed by atoms with E-state index in [1.54, 1.807) is 0 Å². The third-order valence-corrected chi connectivity index (χ3v) is 23.6. The predicted molar refractivity (Wildman–Crippen MR) is 377 cm³/mol. The van der Waals surface area contributed by atoms with Crippen molar-refractivity contribution >= 4 is 124 Å². The summed E-state index contributed by atoms with van der Waals surface area (Å²) in [4.78, 5) is 10.9. The molecule has 4 aliphatic heterocycles. The summed E-state index contributed by atoms with van der Waals surface area (Å²) in [5.74, 6) is 0. The molecule has 2 aromatic heterocycles. The SMILES string of the molecule is CC(C)(C)c1ccc2c(c1)N(c1cccc3oc4ccccc4c13)c1cc(N3c4ccc(C(C)(C)C)cc4C4(C)CCCCC34C)cc3c1B2c1ccc(N2c4ccc(C(C)(C)C)cc4C4(C)CCCCC24C)cc1N3c1cccc2c1oc1ccccc12. The summed E-state index contributed by atoms with van der Waals surface area (Å²) in [7, 11) is 0. The van der Waals surface area contributed by atoms with Gasteiger partial charge in [-0.25, -0.2) is 0 Å². The van der Waals surface area contributed by atoms with Crippen molar-refractivity contribution in [2.45, 2.75) is 180 Å². The van der Waals surface area contributed by atoms with Gasteiger partial charge in [-0.1, -0.05) is 199 Å². The van der Waals surface area contributed by atoms with Crippen LogP contribution < -0.4 is 36.0 Å². The largest absolute Gasteiger partial charge is 0.456 e. The van der Waals surface area contributed by atoms with Crippen molar-refractivity contribution in [1.29, 1.82) is 0 Å². The van der Waals surface area contributed by atoms with Crippen LogP contribution in [0.5, 0.6) is 0 Å². The highest BCUT2D eigenvalue weighted by Gasteiger charge is 2.60. The average Bonchev–Trinajstić information content (AvgIpc) is 1.70. The molecule has 17 rings (SSSR count). The lowest BCUT2D eigenvalue weighted by atomic mass is 9.33. The van der Waals surface area contributed by atoms with Crippen LogP contribution in [0.25, 0.3) is 43.9 Å². The van der Waals surface area contributed by atoms with Gasteiger partial charge in [0.1, 0.15) is 16.7 Å². The molecule has 6 heterocycles. The Bertz CT molecular complexity index is 4830. The Morgan fingerprint density at radius 3 is 1.45 bits per heavy atom. The van der Waals surface area contributed by atoms with E-state index in [1.165, 1.54) is 115 Å². The van der Waals surface area contributed by atoms with Crippen molar-refractivity contribution in [3.8, 4) is 0 Å². The normalized spacial score (nSPS) is 22.8. The van der Waals surface area contributed by atoms with Gasteiger partial charge in [0.15, 0.2) is 5.58 Å². The topological polar surface area (TPSA) is 39.2 Å². The summed E-state index contributed by atoms with van der Waals surface area (Å²) >= 11 is 0. The minimum Gasteiger partial charge on any atom is -0.456 e. The molecular formula is C82H83BN4O2. The van der Waals surface area contributed by atoms with E-state index in [0.29, 0.717) is 0 Å². The minimum atomic E-state index is -0.233. The maximum absolute atomic E-state index is 7.28. The zero-order valence-corrected chi connectivity index (χ0v) is 54.5. The molecule has 6 aliphatic rings. The summed E-state index contributed by atoms with van der Waals surface area (Å²) in [6.07, 6.45) is 9.33. The van der Waals surface area contributed by atoms with Gasteiger partial charge in [0.2, 0.25) is 0 Å². The average molecular weight is 1170 g/mol. The van der Waals surface area contributed by atoms with E-state index in [2.05, 4.69) is 279 Å². The van der Waals surface area contributed by atoms with Crippen LogP contribution in [0.15, 0.2) is 179 Å². The Labute approximate surface area is 526 Å². The Kier molecular flexibility index (Phi) is 11.3. The molecule has 0 amide bonds. The van der Waals surface area contributed by atoms with Gasteiger partial charge in [-0.05, 0) is 173 Å². The predicted octanol–water partition coefficient (Wildman–Crippen LogP) is 20.9. The molecule has 9 aromatic carbocycles. The van der Waals surface area contributed by atoms with Crippen molar-refractivity contribution in [3.63, 3.8) is 0 Å². The van der Waals surface area contributed by atoms with Crippen LogP contribution in [0, 0.1) is 0 Å². The molecule has 446 valence electrons. The first-order valence-corrected chi connectivity index (χ1v) is 33.3. The fourth-order valence-electron chi connectivity index (χ4n) is 18.3. The monoisotopic (exact) mass is 1170 g/mol. The quantitative estimate of drug-likeness (QED) is 0.164. The summed E-state index contributed by atoms with van der Waals surface area (Å²) in [5.41, 5.74) is 25.9. The van der Waals surface area contributed by atoms with Crippen molar-refractivity contribution in [2.24, 2.45) is 0 Å². The molecule has 0 bridgehead atoms. The maximum atomic E-state index is 7.28. The number of nitrogens with zero attached hydrogens (tertiary/aromatic N) is 4. The Balaban J connectivity index is 1.01. The molecule has 4 atom stereocenters. The van der Waals surface area contributed by atoms with E-state index < -0.39 is 0 Å². The van der Waals surface area contributed by atoms with Gasteiger partial charge in [0.05, 0.1) is 27.8 Å². The van der Waals surface area contributed by atoms with Crippen LogP contribution in [0.2, 0.25) is 0 Å². The third-order valence-electron chi connectivity index (χ3n) is 23.6. The Morgan fingerprint density at radius 2 is 0.831 bits per heavy atom. The van der Waals surface area contributed by atoms with Gasteiger partial charge in [-0.3, -0.25) is 0 Å². The first-order chi connectivity index (χ1) is 42.5. The first kappa shape index (κ1) is 55.0. The zero-order valence-electron chi connectivity index (χ0n) is 54.5. The van der Waals surface area contributed by atoms with E-state index in [1.807, 2.05) is 0 Å². The number of benzene rings is 9. The molecule has 2 aliphatic carbocycles. The molecule has 0 N–H and O–H groups in total. The summed E-state index contributed by atoms with van der Waals surface area (Å²) in [5, 5.41) is 4.48. The highest BCUT2D eigenvalue weighted by atomic mass is 16.3. The fourth-order valence-corrected chi connectivity index (χ4v) is 18.3. The molecule has 0 radical (unpaired) electrons. The Hall–Kier alpha value is -8.16. The van der Waals surface area contributed by atoms with E-state index in [-0.39, 0.29) is 44.9 Å². The van der Waals surface area contributed by atoms with E-state index in [9.17, 15) is 0 Å². The van der Waals surface area contributed by atoms with Crippen LogP contribution in [-0.4, -0.2) is 17.8 Å². The fraction of sp³-hybridized carbons (Fsp3) is 0.341. The van der Waals surface area contributed by atoms with Gasteiger partial charge in [-0.2, -0.15) is 0 Å². The number of para-hydroxylation sites is 3. The lowest BCUT2D eigenvalue weighted by Gasteiger charge is -2.51. The molecular weight excluding hydrogens is 1080 g/mol.